The molecule has 3 aromatic carbocycles. The molecule has 0 radical (unpaired) electrons. The largest absolute Gasteiger partial charge is 0.507 e. The Morgan fingerprint density at radius 3 is 2.24 bits per heavy atom. The lowest BCUT2D eigenvalue weighted by atomic mass is 9.86. The van der Waals surface area contributed by atoms with Crippen LogP contribution < -0.4 is 14.9 Å². The molecule has 0 spiro atoms. The minimum absolute atomic E-state index is 0.0308. The van der Waals surface area contributed by atoms with E-state index in [0.29, 0.717) is 5.56 Å². The summed E-state index contributed by atoms with van der Waals surface area (Å²) in [6.45, 7) is -0.658. The minimum atomic E-state index is -1.23. The SMILES string of the molecule is COC(=O)CC(c1ccc(OCC(=O)O)c(OC)c1)c1c(O)cc(O)c2c(=O)c(O)c(-c3ccc(O)c(O)c3)oc12. The van der Waals surface area contributed by atoms with Crippen molar-refractivity contribution in [2.24, 2.45) is 0 Å². The molecule has 13 heteroatoms. The van der Waals surface area contributed by atoms with Crippen LogP contribution in [0.5, 0.6) is 40.2 Å². The van der Waals surface area contributed by atoms with Crippen molar-refractivity contribution in [3.05, 3.63) is 63.8 Å². The Bertz CT molecular complexity index is 1720. The fourth-order valence-corrected chi connectivity index (χ4v) is 4.34. The Balaban J connectivity index is 2.02. The number of phenols is 4. The van der Waals surface area contributed by atoms with E-state index in [4.69, 9.17) is 23.7 Å². The van der Waals surface area contributed by atoms with E-state index in [0.717, 1.165) is 25.3 Å². The molecule has 1 aromatic heterocycles. The zero-order valence-corrected chi connectivity index (χ0v) is 21.6. The molecule has 0 aliphatic carbocycles. The number of ether oxygens (including phenoxy) is 3. The second-order valence-corrected chi connectivity index (χ2v) is 8.77. The van der Waals surface area contributed by atoms with E-state index in [1.54, 1.807) is 0 Å². The van der Waals surface area contributed by atoms with Crippen molar-refractivity contribution in [1.82, 2.24) is 0 Å². The normalized spacial score (nSPS) is 11.7. The first-order chi connectivity index (χ1) is 19.5. The third-order valence-electron chi connectivity index (χ3n) is 6.26. The molecule has 0 bridgehead atoms. The molecule has 0 saturated carbocycles. The van der Waals surface area contributed by atoms with Crippen molar-refractivity contribution in [1.29, 1.82) is 0 Å². The maximum Gasteiger partial charge on any atom is 0.341 e. The average Bonchev–Trinajstić information content (AvgIpc) is 2.94. The van der Waals surface area contributed by atoms with E-state index in [-0.39, 0.29) is 22.6 Å². The van der Waals surface area contributed by atoms with Gasteiger partial charge in [-0.3, -0.25) is 9.59 Å². The Hall–Kier alpha value is -5.59. The van der Waals surface area contributed by atoms with Crippen LogP contribution >= 0.6 is 0 Å². The molecule has 13 nitrogen and oxygen atoms in total. The van der Waals surface area contributed by atoms with E-state index in [1.807, 2.05) is 0 Å². The van der Waals surface area contributed by atoms with Crippen LogP contribution in [0.3, 0.4) is 0 Å². The Morgan fingerprint density at radius 2 is 1.61 bits per heavy atom. The quantitative estimate of drug-likeness (QED) is 0.127. The zero-order valence-electron chi connectivity index (χ0n) is 21.6. The van der Waals surface area contributed by atoms with Gasteiger partial charge in [0.1, 0.15) is 22.5 Å². The summed E-state index contributed by atoms with van der Waals surface area (Å²) in [4.78, 5) is 36.7. The van der Waals surface area contributed by atoms with Crippen molar-refractivity contribution < 1.29 is 58.9 Å². The van der Waals surface area contributed by atoms with Crippen LogP contribution in [0.2, 0.25) is 0 Å². The van der Waals surface area contributed by atoms with E-state index >= 15 is 0 Å². The number of methoxy groups -OCH3 is 2. The number of carbonyl (C=O) groups is 2. The number of aliphatic carboxylic acids is 1. The van der Waals surface area contributed by atoms with E-state index in [9.17, 15) is 39.9 Å². The third kappa shape index (κ3) is 5.45. The number of carboxylic acid groups (broad SMARTS) is 1. The highest BCUT2D eigenvalue weighted by molar-refractivity contribution is 5.92. The summed E-state index contributed by atoms with van der Waals surface area (Å²) < 4.78 is 21.3. The molecule has 41 heavy (non-hydrogen) atoms. The van der Waals surface area contributed by atoms with Gasteiger partial charge in [-0.2, -0.15) is 0 Å². The molecule has 1 heterocycles. The molecule has 0 fully saturated rings. The standard InChI is InChI=1S/C28H24O13/c1-38-20-8-12(4-6-19(20)40-11-21(33)34)14(9-22(35)39-2)23-17(31)10-18(32)24-25(36)26(37)27(41-28(23)24)13-3-5-15(29)16(30)7-13/h3-8,10,14,29-32,37H,9,11H2,1-2H3,(H,33,34). The first-order valence-electron chi connectivity index (χ1n) is 11.8. The summed E-state index contributed by atoms with van der Waals surface area (Å²) in [6, 6.07) is 8.47. The molecule has 4 rings (SSSR count). The van der Waals surface area contributed by atoms with Gasteiger partial charge >= 0.3 is 11.9 Å². The molecule has 6 N–H and O–H groups in total. The number of fused-ring (bicyclic) bond motifs is 1. The predicted octanol–water partition coefficient (Wildman–Crippen LogP) is 3.16. The predicted molar refractivity (Wildman–Crippen MR) is 141 cm³/mol. The summed E-state index contributed by atoms with van der Waals surface area (Å²) in [5.74, 6) is -6.67. The van der Waals surface area contributed by atoms with Gasteiger partial charge in [0.25, 0.3) is 0 Å². The number of esters is 1. The molecule has 1 atom stereocenters. The van der Waals surface area contributed by atoms with Crippen LogP contribution in [0.1, 0.15) is 23.5 Å². The van der Waals surface area contributed by atoms with Crippen LogP contribution in [0.25, 0.3) is 22.3 Å². The molecule has 4 aromatic rings. The van der Waals surface area contributed by atoms with Gasteiger partial charge in [-0.25, -0.2) is 4.79 Å². The molecular weight excluding hydrogens is 544 g/mol. The first-order valence-corrected chi connectivity index (χ1v) is 11.8. The number of carboxylic acids is 1. The summed E-state index contributed by atoms with van der Waals surface area (Å²) in [6.07, 6.45) is -0.414. The Morgan fingerprint density at radius 1 is 0.878 bits per heavy atom. The van der Waals surface area contributed by atoms with Gasteiger partial charge in [0.05, 0.1) is 20.6 Å². The zero-order chi connectivity index (χ0) is 30.0. The van der Waals surface area contributed by atoms with Gasteiger partial charge in [0.2, 0.25) is 11.2 Å². The fraction of sp³-hybridized carbons (Fsp3) is 0.179. The Labute approximate surface area is 230 Å². The average molecular weight is 568 g/mol. The van der Waals surface area contributed by atoms with Crippen molar-refractivity contribution in [2.45, 2.75) is 12.3 Å². The van der Waals surface area contributed by atoms with Gasteiger partial charge in [0, 0.05) is 23.1 Å². The number of hydrogen-bond donors (Lipinski definition) is 6. The molecule has 0 aliphatic heterocycles. The van der Waals surface area contributed by atoms with Crippen LogP contribution in [0.4, 0.5) is 0 Å². The number of benzene rings is 3. The number of hydrogen-bond acceptors (Lipinski definition) is 12. The maximum absolute atomic E-state index is 13.2. The monoisotopic (exact) mass is 568 g/mol. The molecule has 0 saturated heterocycles. The number of aromatic hydroxyl groups is 5. The third-order valence-corrected chi connectivity index (χ3v) is 6.26. The van der Waals surface area contributed by atoms with E-state index in [2.05, 4.69) is 0 Å². The van der Waals surface area contributed by atoms with Crippen molar-refractivity contribution in [3.8, 4) is 51.6 Å². The first kappa shape index (κ1) is 28.4. The van der Waals surface area contributed by atoms with Gasteiger partial charge in [-0.1, -0.05) is 6.07 Å². The highest BCUT2D eigenvalue weighted by atomic mass is 16.5. The minimum Gasteiger partial charge on any atom is -0.507 e. The molecular formula is C28H24O13. The molecule has 0 aliphatic rings. The van der Waals surface area contributed by atoms with Crippen LogP contribution in [-0.4, -0.2) is 63.4 Å². The van der Waals surface area contributed by atoms with Crippen molar-refractivity contribution in [3.63, 3.8) is 0 Å². The number of phenolic OH excluding ortho intramolecular Hbond substituents is 4. The summed E-state index contributed by atoms with van der Waals surface area (Å²) in [7, 11) is 2.45. The second-order valence-electron chi connectivity index (χ2n) is 8.77. The highest BCUT2D eigenvalue weighted by Crippen LogP contribution is 2.46. The van der Waals surface area contributed by atoms with E-state index in [1.165, 1.54) is 31.4 Å². The molecule has 1 unspecified atom stereocenters. The second kappa shape index (κ2) is 11.3. The topological polar surface area (TPSA) is 213 Å². The molecule has 0 amide bonds. The van der Waals surface area contributed by atoms with Gasteiger partial charge in [0.15, 0.2) is 35.4 Å². The maximum atomic E-state index is 13.2. The summed E-state index contributed by atoms with van der Waals surface area (Å²) in [5.41, 5.74) is -1.36. The van der Waals surface area contributed by atoms with Gasteiger partial charge in [-0.05, 0) is 35.9 Å². The lowest BCUT2D eigenvalue weighted by Gasteiger charge is -2.21. The van der Waals surface area contributed by atoms with Gasteiger partial charge < -0.3 is 49.3 Å². The van der Waals surface area contributed by atoms with E-state index < -0.39 is 81.8 Å². The molecule has 214 valence electrons. The van der Waals surface area contributed by atoms with Crippen molar-refractivity contribution in [2.75, 3.05) is 20.8 Å². The number of rotatable bonds is 9. The van der Waals surface area contributed by atoms with Crippen LogP contribution in [0, 0.1) is 0 Å². The summed E-state index contributed by atoms with van der Waals surface area (Å²) >= 11 is 0. The van der Waals surface area contributed by atoms with Crippen LogP contribution in [-0.2, 0) is 14.3 Å². The lowest BCUT2D eigenvalue weighted by Crippen LogP contribution is -2.13. The lowest BCUT2D eigenvalue weighted by molar-refractivity contribution is -0.141. The number of carbonyl (C=O) groups excluding carboxylic acids is 1. The van der Waals surface area contributed by atoms with Gasteiger partial charge in [-0.15, -0.1) is 0 Å². The Kier molecular flexibility index (Phi) is 7.80. The smallest absolute Gasteiger partial charge is 0.341 e. The highest BCUT2D eigenvalue weighted by Gasteiger charge is 2.30. The fourth-order valence-electron chi connectivity index (χ4n) is 4.34. The van der Waals surface area contributed by atoms with Crippen LogP contribution in [0.15, 0.2) is 51.7 Å². The summed E-state index contributed by atoms with van der Waals surface area (Å²) in [5, 5.41) is 60.2. The van der Waals surface area contributed by atoms with Crippen molar-refractivity contribution >= 4 is 22.9 Å².